The first-order valence-electron chi connectivity index (χ1n) is 2.99. The van der Waals surface area contributed by atoms with Gasteiger partial charge in [0.15, 0.2) is 12.0 Å². The van der Waals surface area contributed by atoms with Gasteiger partial charge in [-0.15, -0.1) is 0 Å². The Labute approximate surface area is 64.4 Å². The van der Waals surface area contributed by atoms with E-state index >= 15 is 0 Å². The zero-order valence-corrected chi connectivity index (χ0v) is 6.46. The van der Waals surface area contributed by atoms with Crippen molar-refractivity contribution in [2.75, 3.05) is 14.2 Å². The summed E-state index contributed by atoms with van der Waals surface area (Å²) in [6.45, 7) is 0. The monoisotopic (exact) mass is 161 g/mol. The molecule has 1 atom stereocenters. The number of aliphatic hydroxyl groups excluding tert-OH is 1. The van der Waals surface area contributed by atoms with Gasteiger partial charge in [-0.2, -0.15) is 0 Å². The molecule has 0 aromatic carbocycles. The Bertz CT molecular complexity index is 157. The molecule has 0 unspecified atom stereocenters. The van der Waals surface area contributed by atoms with Gasteiger partial charge in [0.1, 0.15) is 0 Å². The fourth-order valence-corrected chi connectivity index (χ4v) is 0.478. The number of hydrogen-bond acceptors (Lipinski definition) is 5. The van der Waals surface area contributed by atoms with E-state index in [2.05, 4.69) is 9.47 Å². The van der Waals surface area contributed by atoms with Crippen molar-refractivity contribution in [3.05, 3.63) is 0 Å². The smallest absolute Gasteiger partial charge is 0.335 e. The highest BCUT2D eigenvalue weighted by atomic mass is 16.5. The molecule has 0 aliphatic rings. The normalized spacial score (nSPS) is 11.9. The van der Waals surface area contributed by atoms with E-state index < -0.39 is 12.1 Å². The molecule has 0 aromatic rings. The van der Waals surface area contributed by atoms with E-state index in [9.17, 15) is 4.79 Å². The van der Waals surface area contributed by atoms with Gasteiger partial charge in [-0.25, -0.2) is 4.79 Å². The standard InChI is InChI=1S/C6H11NO4/c1-10-5(7)3-4(8)6(9)11-2/h4,7-8H,3H2,1-2H3/t4-/m1/s1. The van der Waals surface area contributed by atoms with Crippen LogP contribution in [-0.2, 0) is 14.3 Å². The van der Waals surface area contributed by atoms with Crippen LogP contribution in [0.1, 0.15) is 6.42 Å². The number of rotatable bonds is 3. The van der Waals surface area contributed by atoms with Crippen molar-refractivity contribution in [2.24, 2.45) is 0 Å². The van der Waals surface area contributed by atoms with Crippen LogP contribution in [0.5, 0.6) is 0 Å². The first-order valence-corrected chi connectivity index (χ1v) is 2.99. The molecule has 0 amide bonds. The average Bonchev–Trinajstić information content (AvgIpc) is 2.02. The highest BCUT2D eigenvalue weighted by Crippen LogP contribution is 1.95. The summed E-state index contributed by atoms with van der Waals surface area (Å²) < 4.78 is 8.65. The molecule has 0 radical (unpaired) electrons. The highest BCUT2D eigenvalue weighted by Gasteiger charge is 2.17. The number of carbonyl (C=O) groups is 1. The Morgan fingerprint density at radius 1 is 1.55 bits per heavy atom. The second-order valence-corrected chi connectivity index (χ2v) is 1.87. The lowest BCUT2D eigenvalue weighted by Gasteiger charge is -2.07. The molecule has 0 saturated heterocycles. The molecule has 5 heteroatoms. The third-order valence-corrected chi connectivity index (χ3v) is 1.10. The Hall–Kier alpha value is -1.10. The minimum Gasteiger partial charge on any atom is -0.484 e. The Morgan fingerprint density at radius 3 is 2.45 bits per heavy atom. The summed E-state index contributed by atoms with van der Waals surface area (Å²) in [5, 5.41) is 15.9. The first kappa shape index (κ1) is 9.90. The molecule has 0 heterocycles. The lowest BCUT2D eigenvalue weighted by Crippen LogP contribution is -2.25. The van der Waals surface area contributed by atoms with Crippen LogP contribution >= 0.6 is 0 Å². The number of methoxy groups -OCH3 is 2. The summed E-state index contributed by atoms with van der Waals surface area (Å²) >= 11 is 0. The first-order chi connectivity index (χ1) is 5.11. The fraction of sp³-hybridized carbons (Fsp3) is 0.667. The van der Waals surface area contributed by atoms with Crippen molar-refractivity contribution in [3.8, 4) is 0 Å². The van der Waals surface area contributed by atoms with Gasteiger partial charge < -0.3 is 14.6 Å². The molecule has 0 aliphatic heterocycles. The van der Waals surface area contributed by atoms with Gasteiger partial charge in [0, 0.05) is 0 Å². The maximum atomic E-state index is 10.5. The van der Waals surface area contributed by atoms with Gasteiger partial charge in [0.05, 0.1) is 20.6 Å². The summed E-state index contributed by atoms with van der Waals surface area (Å²) in [6.07, 6.45) is -1.45. The lowest BCUT2D eigenvalue weighted by molar-refractivity contribution is -0.150. The number of hydrogen-bond donors (Lipinski definition) is 2. The third kappa shape index (κ3) is 3.57. The van der Waals surface area contributed by atoms with E-state index in [0.717, 1.165) is 0 Å². The molecule has 0 aliphatic carbocycles. The molecule has 11 heavy (non-hydrogen) atoms. The summed E-state index contributed by atoms with van der Waals surface area (Å²) in [7, 11) is 2.47. The van der Waals surface area contributed by atoms with Crippen LogP contribution in [-0.4, -0.2) is 37.3 Å². The van der Waals surface area contributed by atoms with Crippen molar-refractivity contribution in [1.29, 1.82) is 5.41 Å². The topological polar surface area (TPSA) is 79.6 Å². The van der Waals surface area contributed by atoms with Crippen molar-refractivity contribution in [3.63, 3.8) is 0 Å². The van der Waals surface area contributed by atoms with Crippen LogP contribution in [0.15, 0.2) is 0 Å². The molecule has 0 bridgehead atoms. The predicted octanol–water partition coefficient (Wildman–Crippen LogP) is -0.466. The van der Waals surface area contributed by atoms with E-state index in [-0.39, 0.29) is 12.3 Å². The van der Waals surface area contributed by atoms with Gasteiger partial charge in [-0.3, -0.25) is 5.41 Å². The van der Waals surface area contributed by atoms with E-state index in [0.29, 0.717) is 0 Å². The fourth-order valence-electron chi connectivity index (χ4n) is 0.478. The number of esters is 1. The predicted molar refractivity (Wildman–Crippen MR) is 37.4 cm³/mol. The molecule has 0 rings (SSSR count). The van der Waals surface area contributed by atoms with Crippen LogP contribution < -0.4 is 0 Å². The van der Waals surface area contributed by atoms with Gasteiger partial charge in [0.25, 0.3) is 0 Å². The van der Waals surface area contributed by atoms with E-state index in [4.69, 9.17) is 10.5 Å². The summed E-state index contributed by atoms with van der Waals surface area (Å²) in [5.41, 5.74) is 0. The SMILES string of the molecule is COC(=N)C[C@@H](O)C(=O)OC. The molecule has 0 aromatic heterocycles. The van der Waals surface area contributed by atoms with E-state index in [1.54, 1.807) is 0 Å². The van der Waals surface area contributed by atoms with Crippen molar-refractivity contribution in [2.45, 2.75) is 12.5 Å². The van der Waals surface area contributed by atoms with Gasteiger partial charge in [-0.05, 0) is 0 Å². The van der Waals surface area contributed by atoms with Crippen LogP contribution in [0.2, 0.25) is 0 Å². The average molecular weight is 161 g/mol. The Morgan fingerprint density at radius 2 is 2.09 bits per heavy atom. The Balaban J connectivity index is 3.77. The third-order valence-electron chi connectivity index (χ3n) is 1.10. The van der Waals surface area contributed by atoms with Gasteiger partial charge >= 0.3 is 5.97 Å². The van der Waals surface area contributed by atoms with E-state index in [1.807, 2.05) is 0 Å². The van der Waals surface area contributed by atoms with Gasteiger partial charge in [0.2, 0.25) is 0 Å². The summed E-state index contributed by atoms with van der Waals surface area (Å²) in [4.78, 5) is 10.5. The lowest BCUT2D eigenvalue weighted by atomic mass is 10.2. The molecule has 0 fully saturated rings. The molecular weight excluding hydrogens is 150 g/mol. The number of ether oxygens (including phenoxy) is 2. The number of nitrogens with one attached hydrogen (secondary N) is 1. The number of carbonyl (C=O) groups excluding carboxylic acids is 1. The highest BCUT2D eigenvalue weighted by molar-refractivity contribution is 5.82. The maximum Gasteiger partial charge on any atom is 0.335 e. The zero-order valence-electron chi connectivity index (χ0n) is 6.46. The molecule has 64 valence electrons. The van der Waals surface area contributed by atoms with Crippen LogP contribution in [0.4, 0.5) is 0 Å². The van der Waals surface area contributed by atoms with Crippen LogP contribution in [0, 0.1) is 5.41 Å². The Kier molecular flexibility index (Phi) is 4.21. The second-order valence-electron chi connectivity index (χ2n) is 1.87. The number of aliphatic hydroxyl groups is 1. The van der Waals surface area contributed by atoms with Crippen molar-refractivity contribution < 1.29 is 19.4 Å². The quantitative estimate of drug-likeness (QED) is 0.333. The minimum absolute atomic E-state index is 0.150. The molecule has 0 saturated carbocycles. The summed E-state index contributed by atoms with van der Waals surface area (Å²) in [5.74, 6) is -0.908. The largest absolute Gasteiger partial charge is 0.484 e. The van der Waals surface area contributed by atoms with Crippen molar-refractivity contribution >= 4 is 11.9 Å². The molecular formula is C6H11NO4. The van der Waals surface area contributed by atoms with Crippen LogP contribution in [0.3, 0.4) is 0 Å². The summed E-state index contributed by atoms with van der Waals surface area (Å²) in [6, 6.07) is 0. The zero-order chi connectivity index (χ0) is 8.85. The van der Waals surface area contributed by atoms with E-state index in [1.165, 1.54) is 14.2 Å². The molecule has 0 spiro atoms. The van der Waals surface area contributed by atoms with Gasteiger partial charge in [-0.1, -0.05) is 0 Å². The maximum absolute atomic E-state index is 10.5. The second kappa shape index (κ2) is 4.68. The molecule has 2 N–H and O–H groups in total. The van der Waals surface area contributed by atoms with Crippen molar-refractivity contribution in [1.82, 2.24) is 0 Å². The van der Waals surface area contributed by atoms with Crippen LogP contribution in [0.25, 0.3) is 0 Å². The minimum atomic E-state index is -1.30. The molecule has 5 nitrogen and oxygen atoms in total.